The van der Waals surface area contributed by atoms with Crippen LogP contribution in [0.3, 0.4) is 0 Å². The molecule has 2 atom stereocenters. The summed E-state index contributed by atoms with van der Waals surface area (Å²) in [5.41, 5.74) is 18.4. The van der Waals surface area contributed by atoms with E-state index in [4.69, 9.17) is 16.5 Å². The van der Waals surface area contributed by atoms with Gasteiger partial charge in [0.05, 0.1) is 11.6 Å². The van der Waals surface area contributed by atoms with E-state index in [2.05, 4.69) is 67.4 Å². The molecule has 0 radical (unpaired) electrons. The van der Waals surface area contributed by atoms with Crippen molar-refractivity contribution in [3.8, 4) is 0 Å². The molecular formula is C29H32N4. The minimum absolute atomic E-state index is 0.126. The highest BCUT2D eigenvalue weighted by Crippen LogP contribution is 2.48. The molecule has 5 N–H and O–H groups in total. The number of rotatable bonds is 8. The Morgan fingerprint density at radius 2 is 1.85 bits per heavy atom. The summed E-state index contributed by atoms with van der Waals surface area (Å²) in [6.07, 6.45) is 6.93. The van der Waals surface area contributed by atoms with E-state index in [1.54, 1.807) is 6.20 Å². The summed E-state index contributed by atoms with van der Waals surface area (Å²) in [4.78, 5) is 4.77. The molecule has 4 nitrogen and oxygen atoms in total. The second-order valence-corrected chi connectivity index (χ2v) is 9.47. The van der Waals surface area contributed by atoms with Gasteiger partial charge in [-0.2, -0.15) is 0 Å². The van der Waals surface area contributed by atoms with Crippen LogP contribution < -0.4 is 16.8 Å². The van der Waals surface area contributed by atoms with Crippen molar-refractivity contribution in [1.29, 1.82) is 0 Å². The Kier molecular flexibility index (Phi) is 5.55. The van der Waals surface area contributed by atoms with Crippen molar-refractivity contribution in [1.82, 2.24) is 5.32 Å². The molecule has 2 saturated carbocycles. The predicted molar refractivity (Wildman–Crippen MR) is 140 cm³/mol. The fourth-order valence-corrected chi connectivity index (χ4v) is 4.67. The Labute approximate surface area is 196 Å². The van der Waals surface area contributed by atoms with Gasteiger partial charge < -0.3 is 16.8 Å². The molecule has 5 rings (SSSR count). The maximum atomic E-state index is 6.11. The molecule has 2 unspecified atom stereocenters. The molecule has 2 fully saturated rings. The summed E-state index contributed by atoms with van der Waals surface area (Å²) in [6, 6.07) is 21.7. The molecule has 168 valence electrons. The fraction of sp³-hybridized carbons (Fsp3) is 0.276. The van der Waals surface area contributed by atoms with E-state index in [9.17, 15) is 0 Å². The molecule has 0 aliphatic heterocycles. The van der Waals surface area contributed by atoms with E-state index in [0.29, 0.717) is 18.5 Å². The number of nitrogens with two attached hydrogens (primary N) is 2. The first kappa shape index (κ1) is 21.5. The lowest BCUT2D eigenvalue weighted by molar-refractivity contribution is 0.631. The average molecular weight is 437 g/mol. The fourth-order valence-electron chi connectivity index (χ4n) is 4.67. The van der Waals surface area contributed by atoms with Gasteiger partial charge in [-0.15, -0.1) is 0 Å². The van der Waals surface area contributed by atoms with Crippen molar-refractivity contribution in [2.75, 3.05) is 0 Å². The topological polar surface area (TPSA) is 76.4 Å². The Morgan fingerprint density at radius 3 is 2.55 bits per heavy atom. The van der Waals surface area contributed by atoms with Gasteiger partial charge in [0.25, 0.3) is 0 Å². The van der Waals surface area contributed by atoms with Crippen LogP contribution in [0.5, 0.6) is 0 Å². The summed E-state index contributed by atoms with van der Waals surface area (Å²) >= 11 is 0. The van der Waals surface area contributed by atoms with Crippen LogP contribution in [0.2, 0.25) is 0 Å². The van der Waals surface area contributed by atoms with E-state index in [1.807, 2.05) is 18.3 Å². The first-order valence-corrected chi connectivity index (χ1v) is 11.8. The number of hydrogen-bond donors (Lipinski definition) is 3. The number of aliphatic imine (C=N–C) groups is 1. The van der Waals surface area contributed by atoms with E-state index >= 15 is 0 Å². The normalized spacial score (nSPS) is 21.3. The van der Waals surface area contributed by atoms with Gasteiger partial charge in [0.2, 0.25) is 0 Å². The van der Waals surface area contributed by atoms with Gasteiger partial charge in [-0.05, 0) is 64.8 Å². The predicted octanol–water partition coefficient (Wildman–Crippen LogP) is 5.33. The number of nitrogens with one attached hydrogen (secondary N) is 1. The van der Waals surface area contributed by atoms with Crippen LogP contribution in [0.1, 0.15) is 48.4 Å². The quantitative estimate of drug-likeness (QED) is 0.418. The molecule has 0 spiro atoms. The molecule has 3 aromatic rings. The van der Waals surface area contributed by atoms with Gasteiger partial charge in [-0.1, -0.05) is 62.0 Å². The largest absolute Gasteiger partial charge is 0.404 e. The van der Waals surface area contributed by atoms with Crippen LogP contribution in [0.15, 0.2) is 78.4 Å². The summed E-state index contributed by atoms with van der Waals surface area (Å²) in [6.45, 7) is 7.10. The van der Waals surface area contributed by atoms with E-state index < -0.39 is 0 Å². The highest BCUT2D eigenvalue weighted by molar-refractivity contribution is 6.15. The first-order valence-electron chi connectivity index (χ1n) is 11.8. The van der Waals surface area contributed by atoms with Crippen molar-refractivity contribution in [2.45, 2.75) is 44.3 Å². The minimum atomic E-state index is -0.126. The molecule has 0 amide bonds. The van der Waals surface area contributed by atoms with E-state index in [-0.39, 0.29) is 5.54 Å². The number of fused-ring (bicyclic) bond motifs is 1. The van der Waals surface area contributed by atoms with Crippen LogP contribution in [0.4, 0.5) is 0 Å². The Bertz CT molecular complexity index is 1270. The molecule has 33 heavy (non-hydrogen) atoms. The molecule has 0 saturated heterocycles. The minimum Gasteiger partial charge on any atom is -0.404 e. The molecule has 0 aromatic heterocycles. The molecule has 2 aliphatic carbocycles. The lowest BCUT2D eigenvalue weighted by Crippen LogP contribution is -2.28. The molecular weight excluding hydrogens is 404 g/mol. The second kappa shape index (κ2) is 8.53. The van der Waals surface area contributed by atoms with E-state index in [1.165, 1.54) is 16.3 Å². The van der Waals surface area contributed by atoms with Crippen molar-refractivity contribution >= 4 is 28.3 Å². The van der Waals surface area contributed by atoms with E-state index in [0.717, 1.165) is 47.2 Å². The van der Waals surface area contributed by atoms with Crippen LogP contribution in [-0.2, 0) is 12.1 Å². The lowest BCUT2D eigenvalue weighted by atomic mass is 9.92. The van der Waals surface area contributed by atoms with Crippen LogP contribution >= 0.6 is 0 Å². The number of allylic oxidation sites excluding steroid dienone is 1. The number of benzene rings is 3. The van der Waals surface area contributed by atoms with Crippen molar-refractivity contribution in [2.24, 2.45) is 22.4 Å². The molecule has 2 aliphatic rings. The maximum Gasteiger partial charge on any atom is 0.0627 e. The average Bonchev–Trinajstić information content (AvgIpc) is 3.77. The van der Waals surface area contributed by atoms with Gasteiger partial charge in [0.15, 0.2) is 0 Å². The smallest absolute Gasteiger partial charge is 0.0627 e. The monoisotopic (exact) mass is 436 g/mol. The zero-order valence-electron chi connectivity index (χ0n) is 19.2. The zero-order chi connectivity index (χ0) is 23.0. The molecule has 0 heterocycles. The van der Waals surface area contributed by atoms with Gasteiger partial charge in [-0.25, -0.2) is 0 Å². The van der Waals surface area contributed by atoms with Gasteiger partial charge in [-0.3, -0.25) is 4.99 Å². The number of nitrogens with zero attached hydrogens (tertiary/aromatic N) is 1. The third-order valence-corrected chi connectivity index (χ3v) is 7.08. The second-order valence-electron chi connectivity index (χ2n) is 9.47. The van der Waals surface area contributed by atoms with Crippen molar-refractivity contribution < 1.29 is 0 Å². The Balaban J connectivity index is 1.52. The number of hydrogen-bond acceptors (Lipinski definition) is 4. The van der Waals surface area contributed by atoms with Crippen molar-refractivity contribution in [3.63, 3.8) is 0 Å². The molecule has 4 heteroatoms. The van der Waals surface area contributed by atoms with Gasteiger partial charge in [0.1, 0.15) is 0 Å². The standard InChI is InChI=1S/C29H32N4/c1-19-13-28(19)32-18-23(17-31)27-15-24(14-21-7-3-6-10-26(21)27)29(11-12-29)33-20(2)25-9-5-4-8-22(25)16-30/h3-10,14-15,17-19,28,33H,2,11-13,16,30-31H2,1H3/b23-17+,32-18?. The van der Waals surface area contributed by atoms with Gasteiger partial charge in [0, 0.05) is 35.8 Å². The maximum absolute atomic E-state index is 6.11. The molecule has 0 bridgehead atoms. The SMILES string of the molecule is C=C(NC1(c2cc(/C(C=NC3CC3C)=C/N)c3ccccc3c2)CC1)c1ccccc1CN. The van der Waals surface area contributed by atoms with Crippen LogP contribution in [-0.4, -0.2) is 12.3 Å². The summed E-state index contributed by atoms with van der Waals surface area (Å²) in [5.74, 6) is 0.671. The van der Waals surface area contributed by atoms with Crippen molar-refractivity contribution in [3.05, 3.63) is 95.7 Å². The van der Waals surface area contributed by atoms with Gasteiger partial charge >= 0.3 is 0 Å². The lowest BCUT2D eigenvalue weighted by Gasteiger charge is -2.24. The summed E-state index contributed by atoms with van der Waals surface area (Å²) in [5, 5.41) is 6.15. The van der Waals surface area contributed by atoms with Crippen LogP contribution in [0.25, 0.3) is 22.0 Å². The Hall–Kier alpha value is -3.37. The third-order valence-electron chi connectivity index (χ3n) is 7.08. The first-order chi connectivity index (χ1) is 16.0. The van der Waals surface area contributed by atoms with Crippen LogP contribution in [0, 0.1) is 5.92 Å². The summed E-state index contributed by atoms with van der Waals surface area (Å²) < 4.78 is 0. The molecule has 3 aromatic carbocycles. The highest BCUT2D eigenvalue weighted by Gasteiger charge is 2.45. The summed E-state index contributed by atoms with van der Waals surface area (Å²) in [7, 11) is 0. The Morgan fingerprint density at radius 1 is 1.12 bits per heavy atom. The highest BCUT2D eigenvalue weighted by atomic mass is 15.0. The third kappa shape index (κ3) is 4.19. The zero-order valence-corrected chi connectivity index (χ0v) is 19.2.